The van der Waals surface area contributed by atoms with E-state index in [-0.39, 0.29) is 11.1 Å². The molecule has 1 N–H and O–H groups in total. The van der Waals surface area contributed by atoms with Gasteiger partial charge in [-0.1, -0.05) is 24.3 Å². The number of hydrogen-bond donors (Lipinski definition) is 1. The van der Waals surface area contributed by atoms with Gasteiger partial charge >= 0.3 is 0 Å². The van der Waals surface area contributed by atoms with Gasteiger partial charge in [0.25, 0.3) is 5.91 Å². The Labute approximate surface area is 116 Å². The summed E-state index contributed by atoms with van der Waals surface area (Å²) in [5.41, 5.74) is 0.515. The van der Waals surface area contributed by atoms with E-state index in [1.807, 2.05) is 0 Å². The van der Waals surface area contributed by atoms with Crippen LogP contribution in [-0.4, -0.2) is 32.1 Å². The molecule has 1 aromatic rings. The van der Waals surface area contributed by atoms with Crippen molar-refractivity contribution in [2.75, 3.05) is 20.3 Å². The molecule has 0 unspecified atom stereocenters. The molecule has 104 valence electrons. The molecule has 0 radical (unpaired) electrons. The zero-order chi connectivity index (χ0) is 15.0. The van der Waals surface area contributed by atoms with E-state index in [2.05, 4.69) is 5.32 Å². The molecule has 0 heterocycles. The van der Waals surface area contributed by atoms with Crippen molar-refractivity contribution in [3.8, 4) is 6.07 Å². The minimum atomic E-state index is -1.28. The molecular weight excluding hydrogens is 260 g/mol. The average Bonchev–Trinajstić information content (AvgIpc) is 2.45. The summed E-state index contributed by atoms with van der Waals surface area (Å²) >= 11 is 0. The van der Waals surface area contributed by atoms with E-state index < -0.39 is 11.9 Å². The number of carbonyl (C=O) groups is 2. The van der Waals surface area contributed by atoms with E-state index in [4.69, 9.17) is 10.00 Å². The highest BCUT2D eigenvalue weighted by molar-refractivity contribution is 6.01. The maximum atomic E-state index is 11.7. The Kier molecular flexibility index (Phi) is 5.94. The summed E-state index contributed by atoms with van der Waals surface area (Å²) in [5.74, 6) is -1.79. The van der Waals surface area contributed by atoms with Gasteiger partial charge in [0.1, 0.15) is 11.6 Å². The minimum Gasteiger partial charge on any atom is -0.545 e. The van der Waals surface area contributed by atoms with Crippen LogP contribution in [0, 0.1) is 11.3 Å². The lowest BCUT2D eigenvalue weighted by atomic mass is 10.1. The van der Waals surface area contributed by atoms with Gasteiger partial charge in [-0.25, -0.2) is 0 Å². The van der Waals surface area contributed by atoms with Gasteiger partial charge in [0.2, 0.25) is 0 Å². The highest BCUT2D eigenvalue weighted by Gasteiger charge is 2.08. The SMILES string of the molecule is COCCNC(=O)/C(C#N)=C/c1ccc(C(=O)[O-])cc1. The quantitative estimate of drug-likeness (QED) is 0.436. The van der Waals surface area contributed by atoms with Crippen molar-refractivity contribution < 1.29 is 19.4 Å². The number of amides is 1. The molecule has 0 atom stereocenters. The topological polar surface area (TPSA) is 102 Å². The molecule has 0 aliphatic heterocycles. The molecule has 1 amide bonds. The minimum absolute atomic E-state index is 0.0326. The highest BCUT2D eigenvalue weighted by Crippen LogP contribution is 2.08. The van der Waals surface area contributed by atoms with Crippen molar-refractivity contribution in [1.29, 1.82) is 5.26 Å². The number of hydrogen-bond acceptors (Lipinski definition) is 5. The molecule has 0 fully saturated rings. The lowest BCUT2D eigenvalue weighted by molar-refractivity contribution is -0.255. The van der Waals surface area contributed by atoms with Gasteiger partial charge in [-0.2, -0.15) is 5.26 Å². The lowest BCUT2D eigenvalue weighted by Gasteiger charge is -2.04. The number of nitrogens with zero attached hydrogens (tertiary/aromatic N) is 1. The Morgan fingerprint density at radius 1 is 1.40 bits per heavy atom. The fourth-order valence-electron chi connectivity index (χ4n) is 1.39. The first-order chi connectivity index (χ1) is 9.58. The number of ether oxygens (including phenoxy) is 1. The zero-order valence-corrected chi connectivity index (χ0v) is 10.9. The second-order valence-electron chi connectivity index (χ2n) is 3.83. The van der Waals surface area contributed by atoms with Crippen LogP contribution in [0.3, 0.4) is 0 Å². The van der Waals surface area contributed by atoms with Gasteiger partial charge < -0.3 is 20.0 Å². The molecule has 0 aliphatic rings. The number of carboxylic acids is 1. The second-order valence-corrected chi connectivity index (χ2v) is 3.83. The van der Waals surface area contributed by atoms with Crippen LogP contribution < -0.4 is 10.4 Å². The van der Waals surface area contributed by atoms with Crippen LogP contribution >= 0.6 is 0 Å². The number of rotatable bonds is 6. The number of benzene rings is 1. The zero-order valence-electron chi connectivity index (χ0n) is 10.9. The summed E-state index contributed by atoms with van der Waals surface area (Å²) in [4.78, 5) is 22.3. The van der Waals surface area contributed by atoms with Gasteiger partial charge in [-0.05, 0) is 17.2 Å². The largest absolute Gasteiger partial charge is 0.545 e. The number of carbonyl (C=O) groups excluding carboxylic acids is 2. The van der Waals surface area contributed by atoms with Gasteiger partial charge in [0, 0.05) is 13.7 Å². The number of methoxy groups -OCH3 is 1. The Hall–Kier alpha value is -2.65. The fourth-order valence-corrected chi connectivity index (χ4v) is 1.39. The summed E-state index contributed by atoms with van der Waals surface area (Å²) in [5, 5.41) is 22.1. The molecule has 1 rings (SSSR count). The first kappa shape index (κ1) is 15.4. The molecule has 0 bridgehead atoms. The summed E-state index contributed by atoms with van der Waals surface area (Å²) in [6, 6.07) is 7.47. The third kappa shape index (κ3) is 4.55. The third-order valence-corrected chi connectivity index (χ3v) is 2.41. The second kappa shape index (κ2) is 7.71. The molecule has 6 nitrogen and oxygen atoms in total. The molecule has 1 aromatic carbocycles. The normalized spacial score (nSPS) is 10.7. The van der Waals surface area contributed by atoms with E-state index in [9.17, 15) is 14.7 Å². The molecule has 0 aromatic heterocycles. The fraction of sp³-hybridized carbons (Fsp3) is 0.214. The van der Waals surface area contributed by atoms with Crippen LogP contribution in [0.15, 0.2) is 29.8 Å². The monoisotopic (exact) mass is 273 g/mol. The molecular formula is C14H13N2O4-. The van der Waals surface area contributed by atoms with Crippen LogP contribution in [-0.2, 0) is 9.53 Å². The van der Waals surface area contributed by atoms with Crippen LogP contribution in [0.25, 0.3) is 6.08 Å². The van der Waals surface area contributed by atoms with E-state index in [0.717, 1.165) is 0 Å². The van der Waals surface area contributed by atoms with Crippen LogP contribution in [0.1, 0.15) is 15.9 Å². The van der Waals surface area contributed by atoms with E-state index >= 15 is 0 Å². The van der Waals surface area contributed by atoms with Crippen LogP contribution in [0.5, 0.6) is 0 Å². The van der Waals surface area contributed by atoms with Crippen LogP contribution in [0.2, 0.25) is 0 Å². The highest BCUT2D eigenvalue weighted by atomic mass is 16.5. The summed E-state index contributed by atoms with van der Waals surface area (Å²) in [6.07, 6.45) is 1.38. The van der Waals surface area contributed by atoms with Crippen LogP contribution in [0.4, 0.5) is 0 Å². The van der Waals surface area contributed by atoms with Crippen molar-refractivity contribution in [1.82, 2.24) is 5.32 Å². The van der Waals surface area contributed by atoms with Gasteiger partial charge in [0.05, 0.1) is 12.6 Å². The standard InChI is InChI=1S/C14H14N2O4/c1-20-7-6-16-13(17)12(9-15)8-10-2-4-11(5-3-10)14(18)19/h2-5,8H,6-7H2,1H3,(H,16,17)(H,18,19)/p-1/b12-8+. The number of nitrogens with one attached hydrogen (secondary N) is 1. The van der Waals surface area contributed by atoms with Gasteiger partial charge in [0.15, 0.2) is 0 Å². The first-order valence-electron chi connectivity index (χ1n) is 5.79. The predicted molar refractivity (Wildman–Crippen MR) is 69.2 cm³/mol. The van der Waals surface area contributed by atoms with Crippen molar-refractivity contribution in [3.63, 3.8) is 0 Å². The molecule has 0 saturated carbocycles. The Balaban J connectivity index is 2.81. The van der Waals surface area contributed by atoms with Crippen molar-refractivity contribution in [2.24, 2.45) is 0 Å². The number of carboxylic acid groups (broad SMARTS) is 1. The Morgan fingerprint density at radius 3 is 2.55 bits per heavy atom. The molecule has 20 heavy (non-hydrogen) atoms. The van der Waals surface area contributed by atoms with Crippen molar-refractivity contribution in [3.05, 3.63) is 41.0 Å². The molecule has 0 aliphatic carbocycles. The summed E-state index contributed by atoms with van der Waals surface area (Å²) in [6.45, 7) is 0.655. The maximum Gasteiger partial charge on any atom is 0.262 e. The number of aromatic carboxylic acids is 1. The van der Waals surface area contributed by atoms with E-state index in [1.54, 1.807) is 6.07 Å². The van der Waals surface area contributed by atoms with Crippen molar-refractivity contribution in [2.45, 2.75) is 0 Å². The molecule has 6 heteroatoms. The average molecular weight is 273 g/mol. The Morgan fingerprint density at radius 2 is 2.05 bits per heavy atom. The third-order valence-electron chi connectivity index (χ3n) is 2.41. The maximum absolute atomic E-state index is 11.7. The van der Waals surface area contributed by atoms with Gasteiger partial charge in [-0.3, -0.25) is 4.79 Å². The first-order valence-corrected chi connectivity index (χ1v) is 5.79. The smallest absolute Gasteiger partial charge is 0.262 e. The lowest BCUT2D eigenvalue weighted by Crippen LogP contribution is -2.27. The molecule has 0 saturated heterocycles. The van der Waals surface area contributed by atoms with E-state index in [1.165, 1.54) is 37.5 Å². The molecule has 0 spiro atoms. The predicted octanol–water partition coefficient (Wildman–Crippen LogP) is -0.280. The summed E-state index contributed by atoms with van der Waals surface area (Å²) in [7, 11) is 1.51. The summed E-state index contributed by atoms with van der Waals surface area (Å²) < 4.78 is 4.78. The number of nitriles is 1. The van der Waals surface area contributed by atoms with Crippen molar-refractivity contribution >= 4 is 18.0 Å². The Bertz CT molecular complexity index is 556. The van der Waals surface area contributed by atoms with Gasteiger partial charge in [-0.15, -0.1) is 0 Å². The van der Waals surface area contributed by atoms with E-state index in [0.29, 0.717) is 18.7 Å².